The number of H-pyrrole nitrogens is 1. The Bertz CT molecular complexity index is 647. The zero-order chi connectivity index (χ0) is 14.8. The summed E-state index contributed by atoms with van der Waals surface area (Å²) < 4.78 is 5.79. The van der Waals surface area contributed by atoms with Gasteiger partial charge in [0.05, 0.1) is 5.56 Å². The Morgan fingerprint density at radius 3 is 3.00 bits per heavy atom. The van der Waals surface area contributed by atoms with Gasteiger partial charge in [-0.1, -0.05) is 13.3 Å². The third-order valence-electron chi connectivity index (χ3n) is 4.55. The maximum Gasteiger partial charge on any atom is 0.340 e. The highest BCUT2D eigenvalue weighted by Gasteiger charge is 2.28. The van der Waals surface area contributed by atoms with E-state index < -0.39 is 0 Å². The minimum absolute atomic E-state index is 0.0648. The topological polar surface area (TPSA) is 68.1 Å². The first kappa shape index (κ1) is 14.0. The summed E-state index contributed by atoms with van der Waals surface area (Å²) in [6, 6.07) is 5.51. The van der Waals surface area contributed by atoms with Crippen molar-refractivity contribution in [1.82, 2.24) is 4.98 Å². The van der Waals surface area contributed by atoms with Crippen molar-refractivity contribution < 1.29 is 9.53 Å². The van der Waals surface area contributed by atoms with Crippen LogP contribution in [-0.2, 0) is 4.74 Å². The third kappa shape index (κ3) is 2.75. The number of nitrogen functional groups attached to an aromatic ring is 1. The summed E-state index contributed by atoms with van der Waals surface area (Å²) in [5, 5.41) is 0.873. The number of esters is 1. The van der Waals surface area contributed by atoms with E-state index in [1.165, 1.54) is 12.8 Å². The zero-order valence-electron chi connectivity index (χ0n) is 12.4. The molecular weight excluding hydrogens is 264 g/mol. The lowest BCUT2D eigenvalue weighted by molar-refractivity contribution is 0.000919. The van der Waals surface area contributed by atoms with E-state index in [1.54, 1.807) is 6.20 Å². The molecule has 1 heterocycles. The number of nitrogens with two attached hydrogens (primary N) is 1. The number of aromatic amines is 1. The number of nitrogens with one attached hydrogen (secondary N) is 1. The van der Waals surface area contributed by atoms with Crippen molar-refractivity contribution in [3.05, 3.63) is 30.0 Å². The van der Waals surface area contributed by atoms with Crippen LogP contribution in [0.1, 0.15) is 49.4 Å². The Labute approximate surface area is 124 Å². The summed E-state index contributed by atoms with van der Waals surface area (Å²) in [5.41, 5.74) is 7.92. The smallest absolute Gasteiger partial charge is 0.340 e. The fraction of sp³-hybridized carbons (Fsp3) is 0.471. The molecule has 0 saturated heterocycles. The molecule has 21 heavy (non-hydrogen) atoms. The first-order valence-corrected chi connectivity index (χ1v) is 7.76. The Hall–Kier alpha value is -1.97. The number of carbonyl (C=O) groups excluding carboxylic acids is 1. The van der Waals surface area contributed by atoms with Gasteiger partial charge in [0.15, 0.2) is 0 Å². The van der Waals surface area contributed by atoms with Gasteiger partial charge in [-0.05, 0) is 49.8 Å². The van der Waals surface area contributed by atoms with Gasteiger partial charge >= 0.3 is 5.97 Å². The van der Waals surface area contributed by atoms with E-state index in [1.807, 2.05) is 18.2 Å². The SMILES string of the molecule is CCC1CCCCC1OC(=O)c1c[nH]c2cc(N)ccc12. The predicted octanol–water partition coefficient (Wildman–Crippen LogP) is 3.88. The molecule has 2 atom stereocenters. The maximum absolute atomic E-state index is 12.5. The highest BCUT2D eigenvalue weighted by atomic mass is 16.5. The molecule has 3 N–H and O–H groups in total. The van der Waals surface area contributed by atoms with Gasteiger partial charge in [-0.15, -0.1) is 0 Å². The summed E-state index contributed by atoms with van der Waals surface area (Å²) in [6.45, 7) is 2.17. The van der Waals surface area contributed by atoms with Gasteiger partial charge in [0, 0.05) is 22.8 Å². The minimum Gasteiger partial charge on any atom is -0.458 e. The molecule has 2 aromatic rings. The largest absolute Gasteiger partial charge is 0.458 e. The first-order valence-electron chi connectivity index (χ1n) is 7.76. The van der Waals surface area contributed by atoms with Crippen LogP contribution in [-0.4, -0.2) is 17.1 Å². The number of carbonyl (C=O) groups is 1. The fourth-order valence-corrected chi connectivity index (χ4v) is 3.31. The second kappa shape index (κ2) is 5.80. The molecule has 4 nitrogen and oxygen atoms in total. The van der Waals surface area contributed by atoms with Gasteiger partial charge in [0.25, 0.3) is 0 Å². The molecule has 1 aliphatic rings. The lowest BCUT2D eigenvalue weighted by Gasteiger charge is -2.30. The van der Waals surface area contributed by atoms with Crippen LogP contribution in [0, 0.1) is 5.92 Å². The highest BCUT2D eigenvalue weighted by molar-refractivity contribution is 6.04. The monoisotopic (exact) mass is 286 g/mol. The van der Waals surface area contributed by atoms with E-state index >= 15 is 0 Å². The molecule has 0 amide bonds. The van der Waals surface area contributed by atoms with Crippen LogP contribution in [0.3, 0.4) is 0 Å². The van der Waals surface area contributed by atoms with Crippen LogP contribution in [0.15, 0.2) is 24.4 Å². The van der Waals surface area contributed by atoms with Crippen molar-refractivity contribution in [2.24, 2.45) is 5.92 Å². The molecule has 1 fully saturated rings. The lowest BCUT2D eigenvalue weighted by Crippen LogP contribution is -2.29. The quantitative estimate of drug-likeness (QED) is 0.664. The number of hydrogen-bond donors (Lipinski definition) is 2. The van der Waals surface area contributed by atoms with Gasteiger partial charge in [-0.2, -0.15) is 0 Å². The molecule has 0 bridgehead atoms. The van der Waals surface area contributed by atoms with Gasteiger partial charge in [0.1, 0.15) is 6.10 Å². The number of aromatic nitrogens is 1. The van der Waals surface area contributed by atoms with Crippen molar-refractivity contribution in [3.63, 3.8) is 0 Å². The van der Waals surface area contributed by atoms with Crippen molar-refractivity contribution in [3.8, 4) is 0 Å². The van der Waals surface area contributed by atoms with E-state index in [-0.39, 0.29) is 12.1 Å². The molecule has 112 valence electrons. The number of benzene rings is 1. The summed E-state index contributed by atoms with van der Waals surface area (Å²) in [4.78, 5) is 15.6. The average molecular weight is 286 g/mol. The zero-order valence-corrected chi connectivity index (χ0v) is 12.4. The van der Waals surface area contributed by atoms with E-state index in [0.717, 1.165) is 30.2 Å². The fourth-order valence-electron chi connectivity index (χ4n) is 3.31. The molecule has 1 aliphatic carbocycles. The molecule has 1 aromatic carbocycles. The van der Waals surface area contributed by atoms with Crippen LogP contribution in [0.2, 0.25) is 0 Å². The average Bonchev–Trinajstić information content (AvgIpc) is 2.90. The number of rotatable bonds is 3. The molecule has 3 rings (SSSR count). The van der Waals surface area contributed by atoms with E-state index in [0.29, 0.717) is 17.2 Å². The molecule has 0 aliphatic heterocycles. The van der Waals surface area contributed by atoms with Gasteiger partial charge in [-0.25, -0.2) is 4.79 Å². The standard InChI is InChI=1S/C17H22N2O2/c1-2-11-5-3-4-6-16(11)21-17(20)14-10-19-15-9-12(18)7-8-13(14)15/h7-11,16,19H,2-6,18H2,1H3. The van der Waals surface area contributed by atoms with Gasteiger partial charge in [0.2, 0.25) is 0 Å². The predicted molar refractivity (Wildman–Crippen MR) is 84.2 cm³/mol. The Morgan fingerprint density at radius 2 is 2.19 bits per heavy atom. The minimum atomic E-state index is -0.226. The van der Waals surface area contributed by atoms with E-state index in [4.69, 9.17) is 10.5 Å². The van der Waals surface area contributed by atoms with E-state index in [2.05, 4.69) is 11.9 Å². The van der Waals surface area contributed by atoms with Crippen molar-refractivity contribution in [2.75, 3.05) is 5.73 Å². The molecular formula is C17H22N2O2. The summed E-state index contributed by atoms with van der Waals surface area (Å²) in [5.74, 6) is 0.278. The normalized spacial score (nSPS) is 22.3. The summed E-state index contributed by atoms with van der Waals surface area (Å²) >= 11 is 0. The lowest BCUT2D eigenvalue weighted by atomic mass is 9.85. The second-order valence-corrected chi connectivity index (χ2v) is 5.90. The van der Waals surface area contributed by atoms with Crippen molar-refractivity contribution in [1.29, 1.82) is 0 Å². The highest BCUT2D eigenvalue weighted by Crippen LogP contribution is 2.30. The van der Waals surface area contributed by atoms with Crippen LogP contribution < -0.4 is 5.73 Å². The molecule has 0 spiro atoms. The van der Waals surface area contributed by atoms with Crippen LogP contribution in [0.5, 0.6) is 0 Å². The summed E-state index contributed by atoms with van der Waals surface area (Å²) in [7, 11) is 0. The Balaban J connectivity index is 1.80. The van der Waals surface area contributed by atoms with Crippen molar-refractivity contribution >= 4 is 22.6 Å². The second-order valence-electron chi connectivity index (χ2n) is 5.90. The number of fused-ring (bicyclic) bond motifs is 1. The molecule has 0 radical (unpaired) electrons. The molecule has 4 heteroatoms. The molecule has 1 aromatic heterocycles. The molecule has 1 saturated carbocycles. The number of anilines is 1. The third-order valence-corrected chi connectivity index (χ3v) is 4.55. The van der Waals surface area contributed by atoms with Gasteiger partial charge in [-0.3, -0.25) is 0 Å². The van der Waals surface area contributed by atoms with Crippen LogP contribution in [0.4, 0.5) is 5.69 Å². The van der Waals surface area contributed by atoms with E-state index in [9.17, 15) is 4.79 Å². The maximum atomic E-state index is 12.5. The van der Waals surface area contributed by atoms with Crippen LogP contribution in [0.25, 0.3) is 10.9 Å². The first-order chi connectivity index (χ1) is 10.2. The Morgan fingerprint density at radius 1 is 1.38 bits per heavy atom. The van der Waals surface area contributed by atoms with Crippen LogP contribution >= 0.6 is 0 Å². The summed E-state index contributed by atoms with van der Waals surface area (Å²) in [6.07, 6.45) is 7.41. The van der Waals surface area contributed by atoms with Crippen molar-refractivity contribution in [2.45, 2.75) is 45.1 Å². The number of ether oxygens (including phenoxy) is 1. The molecule has 2 unspecified atom stereocenters. The van der Waals surface area contributed by atoms with Gasteiger partial charge < -0.3 is 15.5 Å². The Kier molecular flexibility index (Phi) is 3.86. The number of hydrogen-bond acceptors (Lipinski definition) is 3.